The Hall–Kier alpha value is -2.93. The van der Waals surface area contributed by atoms with Crippen LogP contribution in [-0.4, -0.2) is 49.5 Å². The van der Waals surface area contributed by atoms with Gasteiger partial charge in [-0.2, -0.15) is 0 Å². The summed E-state index contributed by atoms with van der Waals surface area (Å²) >= 11 is 0. The third-order valence-corrected chi connectivity index (χ3v) is 6.73. The molecular weight excluding hydrogens is 400 g/mol. The Morgan fingerprint density at radius 3 is 2.58 bits per heavy atom. The number of methoxy groups -OCH3 is 2. The molecule has 31 heavy (non-hydrogen) atoms. The summed E-state index contributed by atoms with van der Waals surface area (Å²) in [5.41, 5.74) is 1.13. The highest BCUT2D eigenvalue weighted by atomic mass is 16.5. The van der Waals surface area contributed by atoms with Gasteiger partial charge < -0.3 is 28.8 Å². The van der Waals surface area contributed by atoms with Gasteiger partial charge in [0, 0.05) is 23.6 Å². The van der Waals surface area contributed by atoms with Crippen molar-refractivity contribution in [2.45, 2.75) is 50.4 Å². The van der Waals surface area contributed by atoms with Gasteiger partial charge in [0.05, 0.1) is 31.3 Å². The zero-order chi connectivity index (χ0) is 21.9. The van der Waals surface area contributed by atoms with Crippen LogP contribution in [0.4, 0.5) is 0 Å². The lowest BCUT2D eigenvalue weighted by Crippen LogP contribution is -2.43. The lowest BCUT2D eigenvalue weighted by molar-refractivity contribution is -0.0406. The molecule has 2 aromatic carbocycles. The summed E-state index contributed by atoms with van der Waals surface area (Å²) in [5, 5.41) is 10.7. The predicted octanol–water partition coefficient (Wildman–Crippen LogP) is 3.29. The van der Waals surface area contributed by atoms with Crippen LogP contribution < -0.4 is 23.7 Å². The van der Waals surface area contributed by atoms with Crippen LogP contribution in [0.1, 0.15) is 47.7 Å². The fraction of sp³-hybridized carbons (Fsp3) is 0.458. The van der Waals surface area contributed by atoms with E-state index in [2.05, 4.69) is 0 Å². The third kappa shape index (κ3) is 2.94. The average Bonchev–Trinajstić information content (AvgIpc) is 3.23. The summed E-state index contributed by atoms with van der Waals surface area (Å²) in [6.07, 6.45) is 0.221. The minimum atomic E-state index is -0.963. The Morgan fingerprint density at radius 1 is 1.13 bits per heavy atom. The molecule has 2 aromatic rings. The summed E-state index contributed by atoms with van der Waals surface area (Å²) in [5.74, 6) is 2.38. The molecule has 1 N–H and O–H groups in total. The number of ketones is 1. The van der Waals surface area contributed by atoms with E-state index in [1.165, 1.54) is 0 Å². The van der Waals surface area contributed by atoms with Gasteiger partial charge in [0.1, 0.15) is 36.1 Å². The normalized spacial score (nSPS) is 24.9. The van der Waals surface area contributed by atoms with Crippen molar-refractivity contribution in [3.63, 3.8) is 0 Å². The van der Waals surface area contributed by atoms with E-state index in [0.717, 1.165) is 11.1 Å². The van der Waals surface area contributed by atoms with E-state index >= 15 is 0 Å². The minimum absolute atomic E-state index is 0.0171. The van der Waals surface area contributed by atoms with Crippen LogP contribution in [0, 0.1) is 0 Å². The largest absolute Gasteiger partial charge is 0.493 e. The quantitative estimate of drug-likeness (QED) is 0.803. The van der Waals surface area contributed by atoms with Crippen molar-refractivity contribution >= 4 is 5.78 Å². The third-order valence-electron chi connectivity index (χ3n) is 6.73. The molecule has 0 saturated heterocycles. The summed E-state index contributed by atoms with van der Waals surface area (Å²) in [7, 11) is 3.12. The van der Waals surface area contributed by atoms with Crippen LogP contribution in [0.3, 0.4) is 0 Å². The molecule has 0 bridgehead atoms. The predicted molar refractivity (Wildman–Crippen MR) is 112 cm³/mol. The molecule has 3 aliphatic heterocycles. The van der Waals surface area contributed by atoms with Crippen LogP contribution in [0.2, 0.25) is 0 Å². The molecule has 4 atom stereocenters. The first-order valence-electron chi connectivity index (χ1n) is 10.5. The minimum Gasteiger partial charge on any atom is -0.493 e. The second-order valence-electron chi connectivity index (χ2n) is 8.49. The first-order chi connectivity index (χ1) is 14.9. The van der Waals surface area contributed by atoms with Gasteiger partial charge in [-0.05, 0) is 31.5 Å². The van der Waals surface area contributed by atoms with Crippen molar-refractivity contribution in [1.82, 2.24) is 0 Å². The van der Waals surface area contributed by atoms with Gasteiger partial charge in [-0.1, -0.05) is 6.92 Å². The smallest absolute Gasteiger partial charge is 0.178 e. The first kappa shape index (κ1) is 20.0. The number of hydrogen-bond acceptors (Lipinski definition) is 7. The van der Waals surface area contributed by atoms with Gasteiger partial charge in [-0.15, -0.1) is 0 Å². The Bertz CT molecular complexity index is 1060. The zero-order valence-electron chi connectivity index (χ0n) is 18.1. The maximum atomic E-state index is 13.6. The topological polar surface area (TPSA) is 83.5 Å². The van der Waals surface area contributed by atoms with E-state index in [1.54, 1.807) is 45.4 Å². The SMILES string of the molecule is CC[C@](C)(O)[C@H]1Cc2c(ccc3c2O[C@@H]2COc4cc(OC)c(OC)cc4[C@@H]2C3=O)O1. The van der Waals surface area contributed by atoms with Crippen molar-refractivity contribution in [2.75, 3.05) is 20.8 Å². The van der Waals surface area contributed by atoms with Gasteiger partial charge in [-0.3, -0.25) is 4.79 Å². The lowest BCUT2D eigenvalue weighted by atomic mass is 9.81. The van der Waals surface area contributed by atoms with Crippen molar-refractivity contribution in [3.05, 3.63) is 41.0 Å². The molecule has 7 heteroatoms. The summed E-state index contributed by atoms with van der Waals surface area (Å²) < 4.78 is 29.1. The first-order valence-corrected chi connectivity index (χ1v) is 10.5. The summed E-state index contributed by atoms with van der Waals surface area (Å²) in [6.45, 7) is 3.94. The van der Waals surface area contributed by atoms with Gasteiger partial charge in [0.15, 0.2) is 17.3 Å². The molecule has 0 aromatic heterocycles. The molecule has 0 saturated carbocycles. The number of aliphatic hydroxyl groups is 1. The van der Waals surface area contributed by atoms with E-state index in [-0.39, 0.29) is 18.5 Å². The number of carbonyl (C=O) groups is 1. The van der Waals surface area contributed by atoms with Crippen molar-refractivity contribution in [2.24, 2.45) is 0 Å². The van der Waals surface area contributed by atoms with E-state index in [4.69, 9.17) is 23.7 Å². The molecule has 0 aliphatic carbocycles. The van der Waals surface area contributed by atoms with Gasteiger partial charge in [0.25, 0.3) is 0 Å². The molecule has 3 aliphatic rings. The van der Waals surface area contributed by atoms with Gasteiger partial charge in [-0.25, -0.2) is 0 Å². The van der Waals surface area contributed by atoms with Crippen molar-refractivity contribution in [3.8, 4) is 28.7 Å². The van der Waals surface area contributed by atoms with Crippen LogP contribution >= 0.6 is 0 Å². The molecular formula is C24H26O7. The molecule has 0 spiro atoms. The molecule has 164 valence electrons. The number of fused-ring (bicyclic) bond motifs is 6. The molecule has 0 unspecified atom stereocenters. The van der Waals surface area contributed by atoms with E-state index in [9.17, 15) is 9.90 Å². The average molecular weight is 426 g/mol. The number of hydrogen-bond donors (Lipinski definition) is 1. The number of ether oxygens (including phenoxy) is 5. The summed E-state index contributed by atoms with van der Waals surface area (Å²) in [6, 6.07) is 7.10. The number of Topliss-reactive ketones (excluding diaryl/α,β-unsaturated/α-hetero) is 1. The van der Waals surface area contributed by atoms with E-state index in [1.807, 2.05) is 6.92 Å². The Balaban J connectivity index is 1.55. The highest BCUT2D eigenvalue weighted by Crippen LogP contribution is 2.50. The van der Waals surface area contributed by atoms with Gasteiger partial charge in [0.2, 0.25) is 0 Å². The van der Waals surface area contributed by atoms with Gasteiger partial charge >= 0.3 is 0 Å². The maximum Gasteiger partial charge on any atom is 0.178 e. The fourth-order valence-corrected chi connectivity index (χ4v) is 4.64. The molecule has 0 radical (unpaired) electrons. The van der Waals surface area contributed by atoms with Crippen LogP contribution in [0.15, 0.2) is 24.3 Å². The molecule has 0 amide bonds. The lowest BCUT2D eigenvalue weighted by Gasteiger charge is -2.37. The zero-order valence-corrected chi connectivity index (χ0v) is 18.1. The molecule has 5 rings (SSSR count). The maximum absolute atomic E-state index is 13.6. The van der Waals surface area contributed by atoms with E-state index < -0.39 is 17.6 Å². The Labute approximate surface area is 180 Å². The molecule has 7 nitrogen and oxygen atoms in total. The molecule has 0 fully saturated rings. The van der Waals surface area contributed by atoms with Crippen LogP contribution in [0.5, 0.6) is 28.7 Å². The van der Waals surface area contributed by atoms with Crippen molar-refractivity contribution < 1.29 is 33.6 Å². The standard InChI is InChI=1S/C24H26O7/c1-5-24(2,26)20-9-14-15(30-20)7-6-12-22(25)21-13-8-17(27-3)18(28-4)10-16(13)29-11-19(21)31-23(12)14/h6-8,10,19-21,26H,5,9,11H2,1-4H3/t19-,20-,21+,24+/m1/s1. The van der Waals surface area contributed by atoms with Crippen LogP contribution in [-0.2, 0) is 6.42 Å². The number of carbonyl (C=O) groups excluding carboxylic acids is 1. The highest BCUT2D eigenvalue weighted by Gasteiger charge is 2.47. The fourth-order valence-electron chi connectivity index (χ4n) is 4.64. The highest BCUT2D eigenvalue weighted by molar-refractivity contribution is 6.06. The van der Waals surface area contributed by atoms with E-state index in [0.29, 0.717) is 47.2 Å². The summed E-state index contributed by atoms with van der Waals surface area (Å²) in [4.78, 5) is 13.6. The monoisotopic (exact) mass is 426 g/mol. The second kappa shape index (κ2) is 7.05. The second-order valence-corrected chi connectivity index (χ2v) is 8.49. The Kier molecular flexibility index (Phi) is 4.55. The number of benzene rings is 2. The van der Waals surface area contributed by atoms with Crippen molar-refractivity contribution in [1.29, 1.82) is 0 Å². The number of rotatable bonds is 4. The van der Waals surface area contributed by atoms with Crippen LogP contribution in [0.25, 0.3) is 0 Å². The molecule has 3 heterocycles. The Morgan fingerprint density at radius 2 is 1.87 bits per heavy atom.